The number of anilines is 2. The van der Waals surface area contributed by atoms with Gasteiger partial charge < -0.3 is 20.3 Å². The van der Waals surface area contributed by atoms with E-state index in [9.17, 15) is 14.4 Å². The number of amides is 3. The van der Waals surface area contributed by atoms with Crippen molar-refractivity contribution in [2.45, 2.75) is 13.3 Å². The average Bonchev–Trinajstić information content (AvgIpc) is 3.03. The van der Waals surface area contributed by atoms with E-state index in [1.165, 1.54) is 6.92 Å². The van der Waals surface area contributed by atoms with Crippen molar-refractivity contribution in [1.82, 2.24) is 5.32 Å². The molecule has 0 radical (unpaired) electrons. The third-order valence-corrected chi connectivity index (χ3v) is 4.21. The Morgan fingerprint density at radius 2 is 1.81 bits per heavy atom. The van der Waals surface area contributed by atoms with E-state index in [0.717, 1.165) is 5.69 Å². The van der Waals surface area contributed by atoms with Gasteiger partial charge in [-0.1, -0.05) is 30.3 Å². The molecule has 1 aliphatic heterocycles. The quantitative estimate of drug-likeness (QED) is 0.628. The maximum Gasteiger partial charge on any atom is 0.319 e. The number of nitrogens with zero attached hydrogens (tertiary/aromatic N) is 1. The normalized spacial score (nSPS) is 16.1. The van der Waals surface area contributed by atoms with Gasteiger partial charge >= 0.3 is 12.0 Å². The van der Waals surface area contributed by atoms with Crippen molar-refractivity contribution in [3.05, 3.63) is 54.6 Å². The molecule has 3 amide bonds. The molecule has 1 atom stereocenters. The molecule has 27 heavy (non-hydrogen) atoms. The van der Waals surface area contributed by atoms with Gasteiger partial charge in [0.2, 0.25) is 5.91 Å². The van der Waals surface area contributed by atoms with Crippen LogP contribution in [0.2, 0.25) is 0 Å². The number of para-hydroxylation sites is 3. The summed E-state index contributed by atoms with van der Waals surface area (Å²) in [7, 11) is 0. The average molecular weight is 367 g/mol. The van der Waals surface area contributed by atoms with E-state index in [2.05, 4.69) is 10.6 Å². The minimum absolute atomic E-state index is 0.0344. The Labute approximate surface area is 157 Å². The van der Waals surface area contributed by atoms with E-state index >= 15 is 0 Å². The largest absolute Gasteiger partial charge is 0.424 e. The van der Waals surface area contributed by atoms with E-state index in [0.29, 0.717) is 25.2 Å². The molecule has 1 heterocycles. The van der Waals surface area contributed by atoms with Crippen molar-refractivity contribution in [3.8, 4) is 5.75 Å². The Balaban J connectivity index is 1.53. The molecule has 1 unspecified atom stereocenters. The molecule has 1 saturated heterocycles. The number of urea groups is 1. The maximum absolute atomic E-state index is 12.2. The first kappa shape index (κ1) is 18.4. The van der Waals surface area contributed by atoms with Gasteiger partial charge in [0.25, 0.3) is 0 Å². The number of carbonyl (C=O) groups excluding carboxylic acids is 3. The number of ether oxygens (including phenoxy) is 1. The van der Waals surface area contributed by atoms with Crippen LogP contribution in [0, 0.1) is 5.92 Å². The van der Waals surface area contributed by atoms with Crippen LogP contribution in [0.1, 0.15) is 13.3 Å². The predicted molar refractivity (Wildman–Crippen MR) is 102 cm³/mol. The predicted octanol–water partition coefficient (Wildman–Crippen LogP) is 2.79. The molecule has 0 aliphatic carbocycles. The Bertz CT molecular complexity index is 838. The third kappa shape index (κ3) is 4.84. The Morgan fingerprint density at radius 3 is 2.56 bits per heavy atom. The second kappa shape index (κ2) is 8.35. The van der Waals surface area contributed by atoms with Gasteiger partial charge in [-0.05, 0) is 24.3 Å². The summed E-state index contributed by atoms with van der Waals surface area (Å²) in [5, 5.41) is 5.44. The van der Waals surface area contributed by atoms with Crippen LogP contribution in [0.25, 0.3) is 0 Å². The third-order valence-electron chi connectivity index (χ3n) is 4.21. The molecule has 2 aromatic carbocycles. The molecule has 140 valence electrons. The van der Waals surface area contributed by atoms with Gasteiger partial charge in [-0.25, -0.2) is 4.79 Å². The number of esters is 1. The molecule has 0 aromatic heterocycles. The summed E-state index contributed by atoms with van der Waals surface area (Å²) in [6.07, 6.45) is 0.388. The number of carbonyl (C=O) groups is 3. The van der Waals surface area contributed by atoms with Crippen molar-refractivity contribution in [2.75, 3.05) is 23.3 Å². The van der Waals surface area contributed by atoms with Crippen LogP contribution in [-0.2, 0) is 9.59 Å². The zero-order chi connectivity index (χ0) is 19.2. The molecule has 0 bridgehead atoms. The lowest BCUT2D eigenvalue weighted by Gasteiger charge is -2.17. The number of benzene rings is 2. The lowest BCUT2D eigenvalue weighted by molar-refractivity contribution is -0.131. The second-order valence-electron chi connectivity index (χ2n) is 6.33. The molecule has 7 heteroatoms. The van der Waals surface area contributed by atoms with Gasteiger partial charge in [0.05, 0.1) is 5.69 Å². The fourth-order valence-electron chi connectivity index (χ4n) is 2.99. The summed E-state index contributed by atoms with van der Waals surface area (Å²) in [6, 6.07) is 15.8. The van der Waals surface area contributed by atoms with Gasteiger partial charge in [0, 0.05) is 38.0 Å². The summed E-state index contributed by atoms with van der Waals surface area (Å²) in [6.45, 7) is 2.23. The SMILES string of the molecule is CC(=O)Oc1ccccc1NC(=O)NCC1CC(=O)N(c2ccccc2)C1. The van der Waals surface area contributed by atoms with Crippen LogP contribution < -0.4 is 20.3 Å². The maximum atomic E-state index is 12.2. The van der Waals surface area contributed by atoms with Crippen molar-refractivity contribution >= 4 is 29.3 Å². The molecule has 0 saturated carbocycles. The zero-order valence-electron chi connectivity index (χ0n) is 15.0. The Hall–Kier alpha value is -3.35. The summed E-state index contributed by atoms with van der Waals surface area (Å²) in [5.74, 6) is -0.0950. The summed E-state index contributed by atoms with van der Waals surface area (Å²) in [4.78, 5) is 37.3. The van der Waals surface area contributed by atoms with Gasteiger partial charge in [0.15, 0.2) is 5.75 Å². The van der Waals surface area contributed by atoms with E-state index < -0.39 is 12.0 Å². The van der Waals surface area contributed by atoms with Crippen molar-refractivity contribution in [3.63, 3.8) is 0 Å². The van der Waals surface area contributed by atoms with Crippen LogP contribution in [0.5, 0.6) is 5.75 Å². The highest BCUT2D eigenvalue weighted by molar-refractivity contribution is 5.96. The molecule has 1 aliphatic rings. The fourth-order valence-corrected chi connectivity index (χ4v) is 2.99. The minimum atomic E-state index is -0.463. The van der Waals surface area contributed by atoms with Crippen LogP contribution in [0.4, 0.5) is 16.2 Å². The highest BCUT2D eigenvalue weighted by Crippen LogP contribution is 2.25. The zero-order valence-corrected chi connectivity index (χ0v) is 15.0. The number of rotatable bonds is 5. The fraction of sp³-hybridized carbons (Fsp3) is 0.250. The first-order valence-corrected chi connectivity index (χ1v) is 8.70. The van der Waals surface area contributed by atoms with Crippen LogP contribution in [0.15, 0.2) is 54.6 Å². The number of hydrogen-bond acceptors (Lipinski definition) is 4. The van der Waals surface area contributed by atoms with Gasteiger partial charge in [-0.3, -0.25) is 9.59 Å². The van der Waals surface area contributed by atoms with Gasteiger partial charge in [-0.2, -0.15) is 0 Å². The van der Waals surface area contributed by atoms with Gasteiger partial charge in [0.1, 0.15) is 0 Å². The van der Waals surface area contributed by atoms with E-state index in [4.69, 9.17) is 4.74 Å². The van der Waals surface area contributed by atoms with Crippen LogP contribution in [-0.4, -0.2) is 31.0 Å². The first-order valence-electron chi connectivity index (χ1n) is 8.70. The highest BCUT2D eigenvalue weighted by atomic mass is 16.5. The standard InChI is InChI=1S/C20H21N3O4/c1-14(24)27-18-10-6-5-9-17(18)22-20(26)21-12-15-11-19(25)23(13-15)16-7-3-2-4-8-16/h2-10,15H,11-13H2,1H3,(H2,21,22,26). The summed E-state index contributed by atoms with van der Waals surface area (Å²) in [5.41, 5.74) is 1.27. The molecular weight excluding hydrogens is 346 g/mol. The van der Waals surface area contributed by atoms with Crippen molar-refractivity contribution < 1.29 is 19.1 Å². The Kier molecular flexibility index (Phi) is 5.71. The topological polar surface area (TPSA) is 87.7 Å². The monoisotopic (exact) mass is 367 g/mol. The van der Waals surface area contributed by atoms with E-state index in [1.807, 2.05) is 30.3 Å². The summed E-state index contributed by atoms with van der Waals surface area (Å²) >= 11 is 0. The van der Waals surface area contributed by atoms with Crippen molar-refractivity contribution in [1.29, 1.82) is 0 Å². The van der Waals surface area contributed by atoms with Gasteiger partial charge in [-0.15, -0.1) is 0 Å². The summed E-state index contributed by atoms with van der Waals surface area (Å²) < 4.78 is 5.07. The van der Waals surface area contributed by atoms with Crippen LogP contribution in [0.3, 0.4) is 0 Å². The molecule has 0 spiro atoms. The van der Waals surface area contributed by atoms with E-state index in [-0.39, 0.29) is 17.6 Å². The Morgan fingerprint density at radius 1 is 1.11 bits per heavy atom. The molecule has 2 N–H and O–H groups in total. The first-order chi connectivity index (χ1) is 13.0. The second-order valence-corrected chi connectivity index (χ2v) is 6.33. The molecule has 3 rings (SSSR count). The molecular formula is C20H21N3O4. The van der Waals surface area contributed by atoms with Crippen molar-refractivity contribution in [2.24, 2.45) is 5.92 Å². The molecule has 7 nitrogen and oxygen atoms in total. The molecule has 2 aromatic rings. The minimum Gasteiger partial charge on any atom is -0.424 e. The van der Waals surface area contributed by atoms with Crippen LogP contribution >= 0.6 is 0 Å². The number of nitrogens with one attached hydrogen (secondary N) is 2. The van der Waals surface area contributed by atoms with E-state index in [1.54, 1.807) is 29.2 Å². The lowest BCUT2D eigenvalue weighted by Crippen LogP contribution is -2.34. The molecule has 1 fully saturated rings. The highest BCUT2D eigenvalue weighted by Gasteiger charge is 2.30. The lowest BCUT2D eigenvalue weighted by atomic mass is 10.1. The smallest absolute Gasteiger partial charge is 0.319 e. The number of hydrogen-bond donors (Lipinski definition) is 2.